The summed E-state index contributed by atoms with van der Waals surface area (Å²) in [6.45, 7) is 1.67. The number of hydrogen-bond acceptors (Lipinski definition) is 3. The van der Waals surface area contributed by atoms with Gasteiger partial charge in [0.25, 0.3) is 0 Å². The molecule has 6 aromatic carbocycles. The third-order valence-corrected chi connectivity index (χ3v) is 9.05. The molecule has 0 N–H and O–H groups in total. The largest absolute Gasteiger partial charge is 0.557 e. The van der Waals surface area contributed by atoms with Crippen LogP contribution in [0.3, 0.4) is 0 Å². The predicted octanol–water partition coefficient (Wildman–Crippen LogP) is 12.6. The van der Waals surface area contributed by atoms with Gasteiger partial charge in [-0.1, -0.05) is 146 Å². The second-order valence-corrected chi connectivity index (χ2v) is 12.7. The second kappa shape index (κ2) is 15.8. The number of para-hydroxylation sites is 3. The molecule has 3 aromatic heterocycles. The number of furan rings is 1. The number of hydrogen-bond donors (Lipinski definition) is 0. The maximum Gasteiger partial charge on any atom is 0.0774 e. The van der Waals surface area contributed by atoms with Gasteiger partial charge in [-0.05, 0) is 47.3 Å². The third kappa shape index (κ3) is 7.27. The first-order valence-corrected chi connectivity index (χ1v) is 17.2. The van der Waals surface area contributed by atoms with E-state index in [0.29, 0.717) is 5.58 Å². The van der Waals surface area contributed by atoms with Crippen LogP contribution in [0.1, 0.15) is 36.4 Å². The van der Waals surface area contributed by atoms with Gasteiger partial charge in [-0.15, -0.1) is 42.0 Å². The summed E-state index contributed by atoms with van der Waals surface area (Å²) in [4.78, 5) is 9.28. The average molecular weight is 868 g/mol. The smallest absolute Gasteiger partial charge is 0.0774 e. The molecule has 3 heterocycles. The van der Waals surface area contributed by atoms with Gasteiger partial charge >= 0.3 is 0 Å². The number of benzene rings is 6. The fourth-order valence-electron chi connectivity index (χ4n) is 6.46. The van der Waals surface area contributed by atoms with E-state index in [0.717, 1.165) is 72.6 Å². The van der Waals surface area contributed by atoms with Crippen molar-refractivity contribution >= 4 is 22.0 Å². The van der Waals surface area contributed by atoms with Gasteiger partial charge in [0, 0.05) is 54.8 Å². The molecule has 9 rings (SSSR count). The Hall–Kier alpha value is -5.87. The van der Waals surface area contributed by atoms with E-state index in [1.165, 1.54) is 6.20 Å². The van der Waals surface area contributed by atoms with Crippen LogP contribution in [0.15, 0.2) is 168 Å². The van der Waals surface area contributed by atoms with Gasteiger partial charge < -0.3 is 14.0 Å². The van der Waals surface area contributed by atoms with Crippen molar-refractivity contribution in [2.24, 2.45) is 0 Å². The molecular formula is C48H37IrN3O-2. The maximum absolute atomic E-state index is 8.48. The number of rotatable bonds is 6. The number of nitrogens with zero attached hydrogens (tertiary/aromatic N) is 3. The number of aromatic nitrogens is 3. The van der Waals surface area contributed by atoms with E-state index < -0.39 is 12.7 Å². The zero-order valence-electron chi connectivity index (χ0n) is 33.2. The average Bonchev–Trinajstić information content (AvgIpc) is 3.82. The Labute approximate surface area is 329 Å². The van der Waals surface area contributed by atoms with Crippen LogP contribution in [-0.4, -0.2) is 14.5 Å². The minimum Gasteiger partial charge on any atom is -0.557 e. The van der Waals surface area contributed by atoms with Crippen molar-refractivity contribution in [2.75, 3.05) is 0 Å². The van der Waals surface area contributed by atoms with Crippen LogP contribution in [0.25, 0.3) is 72.6 Å². The molecule has 53 heavy (non-hydrogen) atoms. The summed E-state index contributed by atoms with van der Waals surface area (Å²) < 4.78 is 38.4. The van der Waals surface area contributed by atoms with Crippen LogP contribution in [0.5, 0.6) is 0 Å². The van der Waals surface area contributed by atoms with E-state index in [-0.39, 0.29) is 25.7 Å². The summed E-state index contributed by atoms with van der Waals surface area (Å²) in [7, 11) is 0. The van der Waals surface area contributed by atoms with Crippen LogP contribution < -0.4 is 0 Å². The molecule has 0 aliphatic carbocycles. The first kappa shape index (κ1) is 30.7. The molecule has 0 atom stereocenters. The maximum atomic E-state index is 8.48. The number of imidazole rings is 1. The van der Waals surface area contributed by atoms with E-state index >= 15 is 0 Å². The van der Waals surface area contributed by atoms with Gasteiger partial charge in [0.1, 0.15) is 0 Å². The van der Waals surface area contributed by atoms with Crippen LogP contribution in [0.2, 0.25) is 0 Å². The van der Waals surface area contributed by atoms with E-state index in [4.69, 9.17) is 14.9 Å². The molecule has 0 aliphatic heterocycles. The molecule has 4 nitrogen and oxygen atoms in total. The molecule has 0 saturated heterocycles. The molecule has 1 radical (unpaired) electrons. The molecule has 5 heteroatoms. The minimum absolute atomic E-state index is 0. The topological polar surface area (TPSA) is 43.9 Å². The van der Waals surface area contributed by atoms with Crippen molar-refractivity contribution in [1.29, 1.82) is 0 Å². The number of fused-ring (bicyclic) bond motifs is 2. The Balaban J connectivity index is 0.000000246. The third-order valence-electron chi connectivity index (χ3n) is 9.05. The molecule has 0 amide bonds. The zero-order chi connectivity index (χ0) is 38.9. The van der Waals surface area contributed by atoms with Crippen molar-refractivity contribution in [3.8, 4) is 50.6 Å². The Morgan fingerprint density at radius 2 is 1.43 bits per heavy atom. The van der Waals surface area contributed by atoms with E-state index in [1.807, 2.05) is 74.5 Å². The van der Waals surface area contributed by atoms with Gasteiger partial charge in [0.15, 0.2) is 0 Å². The molecule has 261 valence electrons. The van der Waals surface area contributed by atoms with Crippen molar-refractivity contribution in [3.05, 3.63) is 187 Å². The molecule has 0 saturated carbocycles. The Bertz CT molecular complexity index is 2700. The summed E-state index contributed by atoms with van der Waals surface area (Å²) in [5, 5.41) is 0.919. The normalized spacial score (nSPS) is 12.5. The summed E-state index contributed by atoms with van der Waals surface area (Å²) >= 11 is 0. The van der Waals surface area contributed by atoms with Crippen LogP contribution in [0.4, 0.5) is 0 Å². The Kier molecular flexibility index (Phi) is 9.16. The van der Waals surface area contributed by atoms with Crippen LogP contribution in [0, 0.1) is 19.2 Å². The molecule has 0 bridgehead atoms. The van der Waals surface area contributed by atoms with E-state index in [1.54, 1.807) is 18.2 Å². The second-order valence-electron chi connectivity index (χ2n) is 12.7. The summed E-state index contributed by atoms with van der Waals surface area (Å²) in [5.74, 6) is 0.0337. The first-order chi connectivity index (χ1) is 27.1. The van der Waals surface area contributed by atoms with Gasteiger partial charge in [-0.25, -0.2) is 0 Å². The van der Waals surface area contributed by atoms with Crippen molar-refractivity contribution in [2.45, 2.75) is 26.6 Å². The van der Waals surface area contributed by atoms with E-state index in [9.17, 15) is 0 Å². The van der Waals surface area contributed by atoms with Gasteiger partial charge in [0.2, 0.25) is 0 Å². The molecule has 0 fully saturated rings. The van der Waals surface area contributed by atoms with Crippen molar-refractivity contribution < 1.29 is 30.0 Å². The molecule has 0 unspecified atom stereocenters. The first-order valence-electron chi connectivity index (χ1n) is 19.2. The summed E-state index contributed by atoms with van der Waals surface area (Å²) in [6, 6.07) is 55.4. The molecule has 0 spiro atoms. The van der Waals surface area contributed by atoms with E-state index in [2.05, 4.69) is 101 Å². The fourth-order valence-corrected chi connectivity index (χ4v) is 6.46. The SMILES string of the molecule is [2H]C(C)(C)c1ccc2c(-c3nc4ccccc4n3-c3c(-c4ccccc4)cccc3-c3ccccc3)[c-]oc2c1.[2H]C([2H])([2H])c1ccc(-c2[c-]cccc2)nc1.[Ir]. The predicted molar refractivity (Wildman–Crippen MR) is 213 cm³/mol. The van der Waals surface area contributed by atoms with Gasteiger partial charge in [-0.2, -0.15) is 0 Å². The monoisotopic (exact) mass is 868 g/mol. The Morgan fingerprint density at radius 1 is 0.736 bits per heavy atom. The molecular weight excluding hydrogens is 827 g/mol. The molecule has 0 aliphatic rings. The summed E-state index contributed by atoms with van der Waals surface area (Å²) in [5.41, 5.74) is 11.7. The van der Waals surface area contributed by atoms with Gasteiger partial charge in [-0.3, -0.25) is 4.98 Å². The quantitative estimate of drug-likeness (QED) is 0.156. The number of aryl methyl sites for hydroxylation is 1. The van der Waals surface area contributed by atoms with Crippen molar-refractivity contribution in [3.63, 3.8) is 0 Å². The number of pyridine rings is 1. The molecule has 9 aromatic rings. The van der Waals surface area contributed by atoms with Gasteiger partial charge in [0.05, 0.1) is 22.5 Å². The Morgan fingerprint density at radius 3 is 2.08 bits per heavy atom. The summed E-state index contributed by atoms with van der Waals surface area (Å²) in [6.07, 6.45) is 4.57. The minimum atomic E-state index is -2.09. The standard InChI is InChI=1S/C36H27N2O.C12H10N.Ir/c1-24(2)27-20-21-30-31(23-39-34(30)22-27)36-37-32-18-9-10-19-33(32)38(36)35-28(25-12-5-3-6-13-25)16-11-17-29(35)26-14-7-4-8-15-26;1-10-7-8-12(13-9-10)11-5-3-2-4-6-11;/h3-22,24H,1-2H3;2-5,7-9H,1H3;/q2*-1;/i24D;1D3;. The fraction of sp³-hybridized carbons (Fsp3) is 0.0833. The van der Waals surface area contributed by atoms with Crippen LogP contribution in [-0.2, 0) is 20.1 Å². The zero-order valence-corrected chi connectivity index (χ0v) is 31.6. The van der Waals surface area contributed by atoms with Crippen molar-refractivity contribution in [1.82, 2.24) is 14.5 Å². The van der Waals surface area contributed by atoms with Crippen LogP contribution >= 0.6 is 0 Å².